The smallest absolute Gasteiger partial charge is 0.248 e. The van der Waals surface area contributed by atoms with Gasteiger partial charge in [-0.1, -0.05) is 13.8 Å². The predicted octanol–water partition coefficient (Wildman–Crippen LogP) is 1.22. The molecule has 5 nitrogen and oxygen atoms in total. The highest BCUT2D eigenvalue weighted by Gasteiger charge is 2.50. The number of carbonyl (C=O) groups is 2. The molecule has 6 heteroatoms. The fourth-order valence-corrected chi connectivity index (χ4v) is 4.30. The summed E-state index contributed by atoms with van der Waals surface area (Å²) in [4.78, 5) is 27.0. The van der Waals surface area contributed by atoms with Crippen molar-refractivity contribution in [2.45, 2.75) is 37.5 Å². The van der Waals surface area contributed by atoms with Crippen LogP contribution in [0.5, 0.6) is 0 Å². The fraction of sp³-hybridized carbons (Fsp3) is 0.867. The summed E-state index contributed by atoms with van der Waals surface area (Å²) in [6.07, 6.45) is 1.73. The zero-order chi connectivity index (χ0) is 15.6. The normalized spacial score (nSPS) is 23.5. The molecule has 0 radical (unpaired) electrons. The summed E-state index contributed by atoms with van der Waals surface area (Å²) in [6, 6.07) is 0. The average Bonchev–Trinajstić information content (AvgIpc) is 2.77. The SMILES string of the molecule is CC(C)CC(=O)N1CC2(C[C@H](OCC(=O)N(C)C)CS2)C1. The molecule has 0 aromatic heterocycles. The highest BCUT2D eigenvalue weighted by molar-refractivity contribution is 8.01. The first-order valence-corrected chi connectivity index (χ1v) is 8.53. The fourth-order valence-electron chi connectivity index (χ4n) is 2.75. The first-order valence-electron chi connectivity index (χ1n) is 7.55. The van der Waals surface area contributed by atoms with Crippen LogP contribution in [0.3, 0.4) is 0 Å². The van der Waals surface area contributed by atoms with Crippen LogP contribution < -0.4 is 0 Å². The molecule has 2 heterocycles. The van der Waals surface area contributed by atoms with Gasteiger partial charge in [0, 0.05) is 39.4 Å². The van der Waals surface area contributed by atoms with Gasteiger partial charge in [-0.25, -0.2) is 0 Å². The maximum absolute atomic E-state index is 12.0. The molecule has 1 spiro atoms. The van der Waals surface area contributed by atoms with Gasteiger partial charge in [0.05, 0.1) is 10.9 Å². The number of thioether (sulfide) groups is 1. The van der Waals surface area contributed by atoms with Crippen LogP contribution in [0.25, 0.3) is 0 Å². The van der Waals surface area contributed by atoms with Crippen LogP contribution in [0, 0.1) is 5.92 Å². The molecule has 2 aliphatic rings. The molecular formula is C15H26N2O3S. The monoisotopic (exact) mass is 314 g/mol. The van der Waals surface area contributed by atoms with Gasteiger partial charge in [0.1, 0.15) is 6.61 Å². The number of amides is 2. The molecule has 2 fully saturated rings. The Morgan fingerprint density at radius 2 is 2.05 bits per heavy atom. The van der Waals surface area contributed by atoms with Crippen molar-refractivity contribution in [3.8, 4) is 0 Å². The van der Waals surface area contributed by atoms with Gasteiger partial charge in [-0.15, -0.1) is 11.8 Å². The van der Waals surface area contributed by atoms with Gasteiger partial charge in [-0.3, -0.25) is 9.59 Å². The van der Waals surface area contributed by atoms with E-state index in [-0.39, 0.29) is 29.3 Å². The molecule has 0 bridgehead atoms. The zero-order valence-corrected chi connectivity index (χ0v) is 14.2. The molecule has 2 aliphatic heterocycles. The Bertz CT molecular complexity index is 406. The van der Waals surface area contributed by atoms with Crippen molar-refractivity contribution in [1.82, 2.24) is 9.80 Å². The van der Waals surface area contributed by atoms with Gasteiger partial charge in [-0.2, -0.15) is 0 Å². The third kappa shape index (κ3) is 4.13. The summed E-state index contributed by atoms with van der Waals surface area (Å²) < 4.78 is 5.88. The molecule has 0 saturated carbocycles. The van der Waals surface area contributed by atoms with Crippen LogP contribution in [-0.4, -0.2) is 72.0 Å². The maximum atomic E-state index is 12.0. The van der Waals surface area contributed by atoms with Crippen LogP contribution >= 0.6 is 11.8 Å². The Hall–Kier alpha value is -0.750. The molecule has 0 aliphatic carbocycles. The zero-order valence-electron chi connectivity index (χ0n) is 13.4. The van der Waals surface area contributed by atoms with Gasteiger partial charge < -0.3 is 14.5 Å². The lowest BCUT2D eigenvalue weighted by Gasteiger charge is -2.47. The standard InChI is InChI=1S/C15H26N2O3S/c1-11(2)5-13(18)17-9-15(10-17)6-12(8-21-15)20-7-14(19)16(3)4/h11-12H,5-10H2,1-4H3/t12-/m0/s1. The average molecular weight is 314 g/mol. The van der Waals surface area contributed by atoms with E-state index in [1.165, 1.54) is 0 Å². The van der Waals surface area contributed by atoms with E-state index < -0.39 is 0 Å². The van der Waals surface area contributed by atoms with Crippen LogP contribution in [-0.2, 0) is 14.3 Å². The first kappa shape index (κ1) is 16.6. The minimum absolute atomic E-state index is 0.00305. The Labute approximate surface area is 131 Å². The lowest BCUT2D eigenvalue weighted by Crippen LogP contribution is -2.60. The Kier molecular flexibility index (Phi) is 5.20. The number of hydrogen-bond acceptors (Lipinski definition) is 4. The van der Waals surface area contributed by atoms with E-state index in [2.05, 4.69) is 13.8 Å². The van der Waals surface area contributed by atoms with Crippen LogP contribution in [0.15, 0.2) is 0 Å². The van der Waals surface area contributed by atoms with Gasteiger partial charge in [0.25, 0.3) is 0 Å². The van der Waals surface area contributed by atoms with Crippen molar-refractivity contribution >= 4 is 23.6 Å². The minimum Gasteiger partial charge on any atom is -0.367 e. The summed E-state index contributed by atoms with van der Waals surface area (Å²) in [7, 11) is 3.47. The van der Waals surface area contributed by atoms with Gasteiger partial charge in [0.15, 0.2) is 0 Å². The van der Waals surface area contributed by atoms with Gasteiger partial charge >= 0.3 is 0 Å². The first-order chi connectivity index (χ1) is 9.81. The largest absolute Gasteiger partial charge is 0.367 e. The lowest BCUT2D eigenvalue weighted by atomic mass is 9.92. The Morgan fingerprint density at radius 1 is 1.38 bits per heavy atom. The van der Waals surface area contributed by atoms with Crippen molar-refractivity contribution in [2.75, 3.05) is 39.5 Å². The highest BCUT2D eigenvalue weighted by atomic mass is 32.2. The quantitative estimate of drug-likeness (QED) is 0.766. The van der Waals surface area contributed by atoms with Crippen molar-refractivity contribution in [3.63, 3.8) is 0 Å². The Morgan fingerprint density at radius 3 is 2.62 bits per heavy atom. The molecule has 2 rings (SSSR count). The third-order valence-corrected chi connectivity index (χ3v) is 5.59. The molecule has 21 heavy (non-hydrogen) atoms. The number of nitrogens with zero attached hydrogens (tertiary/aromatic N) is 2. The molecule has 0 unspecified atom stereocenters. The molecular weight excluding hydrogens is 288 g/mol. The Balaban J connectivity index is 1.72. The maximum Gasteiger partial charge on any atom is 0.248 e. The lowest BCUT2D eigenvalue weighted by molar-refractivity contribution is -0.138. The molecule has 1 atom stereocenters. The number of carbonyl (C=O) groups excluding carboxylic acids is 2. The molecule has 2 amide bonds. The summed E-state index contributed by atoms with van der Waals surface area (Å²) in [5, 5.41) is 0. The summed E-state index contributed by atoms with van der Waals surface area (Å²) in [5.41, 5.74) is 0. The van der Waals surface area contributed by atoms with E-state index >= 15 is 0 Å². The van der Waals surface area contributed by atoms with Crippen LogP contribution in [0.2, 0.25) is 0 Å². The van der Waals surface area contributed by atoms with E-state index in [1.54, 1.807) is 19.0 Å². The second-order valence-electron chi connectivity index (χ2n) is 6.77. The van der Waals surface area contributed by atoms with E-state index in [0.717, 1.165) is 25.3 Å². The number of hydrogen-bond donors (Lipinski definition) is 0. The van der Waals surface area contributed by atoms with Crippen molar-refractivity contribution in [3.05, 3.63) is 0 Å². The second-order valence-corrected chi connectivity index (χ2v) is 8.26. The predicted molar refractivity (Wildman–Crippen MR) is 84.3 cm³/mol. The number of ether oxygens (including phenoxy) is 1. The van der Waals surface area contributed by atoms with Crippen molar-refractivity contribution < 1.29 is 14.3 Å². The second kappa shape index (κ2) is 6.57. The van der Waals surface area contributed by atoms with Gasteiger partial charge in [-0.05, 0) is 12.3 Å². The molecule has 0 N–H and O–H groups in total. The van der Waals surface area contributed by atoms with E-state index in [9.17, 15) is 9.59 Å². The summed E-state index contributed by atoms with van der Waals surface area (Å²) >= 11 is 1.90. The highest BCUT2D eigenvalue weighted by Crippen LogP contribution is 2.46. The topological polar surface area (TPSA) is 49.9 Å². The van der Waals surface area contributed by atoms with Gasteiger partial charge in [0.2, 0.25) is 11.8 Å². The number of likely N-dealkylation sites (N-methyl/N-ethyl adjacent to an activating group) is 1. The summed E-state index contributed by atoms with van der Waals surface area (Å²) in [5.74, 6) is 1.61. The number of likely N-dealkylation sites (tertiary alicyclic amines) is 1. The van der Waals surface area contributed by atoms with Crippen LogP contribution in [0.4, 0.5) is 0 Å². The molecule has 0 aromatic rings. The molecule has 2 saturated heterocycles. The molecule has 120 valence electrons. The van der Waals surface area contributed by atoms with E-state index in [0.29, 0.717) is 12.3 Å². The molecule has 0 aromatic carbocycles. The number of rotatable bonds is 5. The van der Waals surface area contributed by atoms with Crippen LogP contribution in [0.1, 0.15) is 26.7 Å². The van der Waals surface area contributed by atoms with E-state index in [4.69, 9.17) is 4.74 Å². The van der Waals surface area contributed by atoms with Crippen molar-refractivity contribution in [2.24, 2.45) is 5.92 Å². The summed E-state index contributed by atoms with van der Waals surface area (Å²) in [6.45, 7) is 5.98. The van der Waals surface area contributed by atoms with E-state index in [1.807, 2.05) is 16.7 Å². The minimum atomic E-state index is 0.00305. The third-order valence-electron chi connectivity index (χ3n) is 4.01. The van der Waals surface area contributed by atoms with Crippen molar-refractivity contribution in [1.29, 1.82) is 0 Å².